The molecule has 1 saturated heterocycles. The second-order valence-corrected chi connectivity index (χ2v) is 7.20. The third-order valence-corrected chi connectivity index (χ3v) is 4.09. The van der Waals surface area contributed by atoms with Crippen molar-refractivity contribution in [3.63, 3.8) is 0 Å². The summed E-state index contributed by atoms with van der Waals surface area (Å²) in [4.78, 5) is 34.5. The molecule has 1 aliphatic rings. The summed E-state index contributed by atoms with van der Waals surface area (Å²) in [6, 6.07) is 0. The Hall–Kier alpha value is -2.19. The van der Waals surface area contributed by atoms with Crippen molar-refractivity contribution in [1.29, 1.82) is 0 Å². The number of rotatable bonds is 9. The molecule has 1 unspecified atom stereocenters. The molecule has 0 saturated carbocycles. The molecule has 0 aliphatic carbocycles. The van der Waals surface area contributed by atoms with Crippen molar-refractivity contribution in [3.05, 3.63) is 23.3 Å². The Bertz CT molecular complexity index is 633. The highest BCUT2D eigenvalue weighted by atomic mass is 16.7. The zero-order chi connectivity index (χ0) is 22.0. The van der Waals surface area contributed by atoms with E-state index in [1.807, 2.05) is 13.0 Å². The zero-order valence-electron chi connectivity index (χ0n) is 18.1. The van der Waals surface area contributed by atoms with E-state index in [1.165, 1.54) is 26.3 Å². The standard InChI is InChI=1S/C21H32O8/c1-13(2)8-7-9-14(3)10-11-25-21-20(29-17(6)24)19(28-16(5)23)18(12-26-21)27-15(4)22/h8,10,18-21H,7,9,11-12H2,1-6H3/b14-10+/t18-,19+,20-,21?/m1/s1. The van der Waals surface area contributed by atoms with E-state index in [2.05, 4.69) is 19.9 Å². The summed E-state index contributed by atoms with van der Waals surface area (Å²) < 4.78 is 27.1. The van der Waals surface area contributed by atoms with Crippen LogP contribution in [0.25, 0.3) is 0 Å². The molecule has 0 aromatic rings. The highest BCUT2D eigenvalue weighted by Gasteiger charge is 2.47. The number of allylic oxidation sites excluding steroid dienone is 3. The summed E-state index contributed by atoms with van der Waals surface area (Å²) >= 11 is 0. The minimum atomic E-state index is -1.06. The van der Waals surface area contributed by atoms with Gasteiger partial charge < -0.3 is 23.7 Å². The van der Waals surface area contributed by atoms with Gasteiger partial charge in [-0.15, -0.1) is 0 Å². The maximum Gasteiger partial charge on any atom is 0.303 e. The first-order valence-corrected chi connectivity index (χ1v) is 9.64. The number of carbonyl (C=O) groups excluding carboxylic acids is 3. The molecule has 0 amide bonds. The molecule has 8 nitrogen and oxygen atoms in total. The van der Waals surface area contributed by atoms with E-state index < -0.39 is 42.5 Å². The molecule has 164 valence electrons. The average Bonchev–Trinajstić information content (AvgIpc) is 2.58. The Morgan fingerprint density at radius 1 is 0.862 bits per heavy atom. The van der Waals surface area contributed by atoms with Crippen LogP contribution in [0.3, 0.4) is 0 Å². The number of ether oxygens (including phenoxy) is 5. The predicted octanol–water partition coefficient (Wildman–Crippen LogP) is 2.85. The fourth-order valence-electron chi connectivity index (χ4n) is 2.83. The van der Waals surface area contributed by atoms with Gasteiger partial charge in [-0.1, -0.05) is 23.3 Å². The second-order valence-electron chi connectivity index (χ2n) is 7.20. The van der Waals surface area contributed by atoms with E-state index in [0.717, 1.165) is 18.4 Å². The summed E-state index contributed by atoms with van der Waals surface area (Å²) in [5, 5.41) is 0. The molecule has 29 heavy (non-hydrogen) atoms. The van der Waals surface area contributed by atoms with Gasteiger partial charge in [-0.25, -0.2) is 0 Å². The average molecular weight is 412 g/mol. The Morgan fingerprint density at radius 2 is 1.45 bits per heavy atom. The minimum Gasteiger partial charge on any atom is -0.456 e. The molecular weight excluding hydrogens is 380 g/mol. The molecule has 8 heteroatoms. The molecule has 0 N–H and O–H groups in total. The van der Waals surface area contributed by atoms with Crippen LogP contribution in [0.5, 0.6) is 0 Å². The highest BCUT2D eigenvalue weighted by Crippen LogP contribution is 2.25. The van der Waals surface area contributed by atoms with Gasteiger partial charge in [-0.05, 0) is 33.6 Å². The van der Waals surface area contributed by atoms with Gasteiger partial charge in [-0.3, -0.25) is 14.4 Å². The summed E-state index contributed by atoms with van der Waals surface area (Å²) in [6.07, 6.45) is 1.98. The van der Waals surface area contributed by atoms with Crippen LogP contribution in [0.15, 0.2) is 23.3 Å². The van der Waals surface area contributed by atoms with E-state index in [4.69, 9.17) is 23.7 Å². The van der Waals surface area contributed by atoms with E-state index in [9.17, 15) is 14.4 Å². The molecule has 4 atom stereocenters. The van der Waals surface area contributed by atoms with Crippen LogP contribution in [0.2, 0.25) is 0 Å². The van der Waals surface area contributed by atoms with Crippen molar-refractivity contribution in [1.82, 2.24) is 0 Å². The van der Waals surface area contributed by atoms with E-state index in [0.29, 0.717) is 0 Å². The lowest BCUT2D eigenvalue weighted by Crippen LogP contribution is -2.58. The lowest BCUT2D eigenvalue weighted by atomic mass is 10.0. The van der Waals surface area contributed by atoms with Crippen LogP contribution < -0.4 is 0 Å². The second kappa shape index (κ2) is 12.4. The fourth-order valence-corrected chi connectivity index (χ4v) is 2.83. The smallest absolute Gasteiger partial charge is 0.303 e. The van der Waals surface area contributed by atoms with E-state index >= 15 is 0 Å². The van der Waals surface area contributed by atoms with Gasteiger partial charge >= 0.3 is 17.9 Å². The molecule has 0 spiro atoms. The summed E-state index contributed by atoms with van der Waals surface area (Å²) in [5.74, 6) is -1.76. The molecule has 0 aromatic heterocycles. The topological polar surface area (TPSA) is 97.4 Å². The van der Waals surface area contributed by atoms with Crippen LogP contribution in [0.4, 0.5) is 0 Å². The first-order valence-electron chi connectivity index (χ1n) is 9.64. The Morgan fingerprint density at radius 3 is 2.00 bits per heavy atom. The predicted molar refractivity (Wildman–Crippen MR) is 105 cm³/mol. The van der Waals surface area contributed by atoms with Crippen molar-refractivity contribution < 1.29 is 38.1 Å². The van der Waals surface area contributed by atoms with Gasteiger partial charge in [0.2, 0.25) is 0 Å². The van der Waals surface area contributed by atoms with Crippen molar-refractivity contribution in [2.24, 2.45) is 0 Å². The Labute approximate surface area is 172 Å². The van der Waals surface area contributed by atoms with Gasteiger partial charge in [0, 0.05) is 20.8 Å². The molecule has 1 fully saturated rings. The molecule has 1 aliphatic heterocycles. The summed E-state index contributed by atoms with van der Waals surface area (Å²) in [6.45, 7) is 9.98. The van der Waals surface area contributed by atoms with E-state index in [1.54, 1.807) is 0 Å². The minimum absolute atomic E-state index is 0.0524. The molecule has 0 aromatic carbocycles. The van der Waals surface area contributed by atoms with Crippen molar-refractivity contribution in [2.45, 2.75) is 79.0 Å². The normalized spacial score (nSPS) is 24.4. The first kappa shape index (κ1) is 24.8. The Kier molecular flexibility index (Phi) is 10.6. The van der Waals surface area contributed by atoms with Crippen molar-refractivity contribution >= 4 is 17.9 Å². The van der Waals surface area contributed by atoms with Crippen LogP contribution >= 0.6 is 0 Å². The highest BCUT2D eigenvalue weighted by molar-refractivity contribution is 5.68. The van der Waals surface area contributed by atoms with Crippen molar-refractivity contribution in [2.75, 3.05) is 13.2 Å². The number of hydrogen-bond acceptors (Lipinski definition) is 8. The van der Waals surface area contributed by atoms with Gasteiger partial charge in [0.15, 0.2) is 24.6 Å². The maximum atomic E-state index is 11.6. The third kappa shape index (κ3) is 9.71. The molecule has 1 rings (SSSR count). The van der Waals surface area contributed by atoms with Gasteiger partial charge in [0.25, 0.3) is 0 Å². The number of carbonyl (C=O) groups is 3. The zero-order valence-corrected chi connectivity index (χ0v) is 18.1. The van der Waals surface area contributed by atoms with Crippen LogP contribution in [-0.4, -0.2) is 55.7 Å². The SMILES string of the molecule is CC(=O)O[C@H]1[C@H](OC(C)=O)COC(OC/C=C(\C)CCC=C(C)C)[C@@H]1OC(C)=O. The molecular formula is C21H32O8. The van der Waals surface area contributed by atoms with Crippen LogP contribution in [0.1, 0.15) is 54.4 Å². The molecule has 1 heterocycles. The lowest BCUT2D eigenvalue weighted by Gasteiger charge is -2.40. The van der Waals surface area contributed by atoms with Crippen molar-refractivity contribution in [3.8, 4) is 0 Å². The first-order chi connectivity index (χ1) is 13.6. The summed E-state index contributed by atoms with van der Waals surface area (Å²) in [7, 11) is 0. The van der Waals surface area contributed by atoms with Gasteiger partial charge in [0.1, 0.15) is 0 Å². The number of hydrogen-bond donors (Lipinski definition) is 0. The maximum absolute atomic E-state index is 11.6. The fraction of sp³-hybridized carbons (Fsp3) is 0.667. The third-order valence-electron chi connectivity index (χ3n) is 4.09. The summed E-state index contributed by atoms with van der Waals surface area (Å²) in [5.41, 5.74) is 2.42. The molecule has 0 bridgehead atoms. The van der Waals surface area contributed by atoms with Gasteiger partial charge in [0.05, 0.1) is 13.2 Å². The molecule has 0 radical (unpaired) electrons. The lowest BCUT2D eigenvalue weighted by molar-refractivity contribution is -0.278. The number of esters is 3. The quantitative estimate of drug-likeness (QED) is 0.324. The van der Waals surface area contributed by atoms with E-state index in [-0.39, 0.29) is 13.2 Å². The Balaban J connectivity index is 2.83. The monoisotopic (exact) mass is 412 g/mol. The largest absolute Gasteiger partial charge is 0.456 e. The van der Waals surface area contributed by atoms with Crippen LogP contribution in [-0.2, 0) is 38.1 Å². The van der Waals surface area contributed by atoms with Crippen LogP contribution in [0, 0.1) is 0 Å². The van der Waals surface area contributed by atoms with Gasteiger partial charge in [-0.2, -0.15) is 0 Å².